The van der Waals surface area contributed by atoms with Crippen molar-refractivity contribution in [3.8, 4) is 5.75 Å². The molecule has 2 aliphatic heterocycles. The van der Waals surface area contributed by atoms with Gasteiger partial charge >= 0.3 is 0 Å². The predicted molar refractivity (Wildman–Crippen MR) is 109 cm³/mol. The highest BCUT2D eigenvalue weighted by atomic mass is 79.9. The minimum Gasteiger partial charge on any atom is -0.373 e. The number of carbonyl (C=O) groups excluding carboxylic acids is 2. The first-order chi connectivity index (χ1) is 15.1. The quantitative estimate of drug-likeness (QED) is 0.258. The molecule has 2 aromatic carbocycles. The maximum Gasteiger partial charge on any atom is 0.261 e. The van der Waals surface area contributed by atoms with Crippen LogP contribution in [0.2, 0.25) is 0 Å². The van der Waals surface area contributed by atoms with E-state index in [1.165, 1.54) is 4.90 Å². The summed E-state index contributed by atoms with van der Waals surface area (Å²) in [6, 6.07) is 11.8. The van der Waals surface area contributed by atoms with Crippen molar-refractivity contribution < 1.29 is 39.0 Å². The van der Waals surface area contributed by atoms with Crippen molar-refractivity contribution in [1.29, 1.82) is 0 Å². The van der Waals surface area contributed by atoms with Gasteiger partial charge in [-0.05, 0) is 41.8 Å². The number of benzene rings is 2. The molecule has 2 amide bonds. The number of hydrogen-bond donors (Lipinski definition) is 1. The molecule has 31 heavy (non-hydrogen) atoms. The molecule has 4 rings (SSSR count). The van der Waals surface area contributed by atoms with Crippen LogP contribution in [-0.4, -0.2) is 54.4 Å². The second-order valence-corrected chi connectivity index (χ2v) is 7.85. The number of ether oxygens (including phenoxy) is 3. The van der Waals surface area contributed by atoms with Gasteiger partial charge in [-0.2, -0.15) is 0 Å². The fourth-order valence-electron chi connectivity index (χ4n) is 3.47. The highest BCUT2D eigenvalue weighted by Gasteiger charge is 2.34. The molecule has 0 saturated carbocycles. The Hall–Kier alpha value is -2.34. The Morgan fingerprint density at radius 2 is 1.74 bits per heavy atom. The summed E-state index contributed by atoms with van der Waals surface area (Å²) < 4.78 is 18.0. The van der Waals surface area contributed by atoms with Gasteiger partial charge in [0.2, 0.25) is 0 Å². The fourth-order valence-corrected chi connectivity index (χ4v) is 3.91. The molecule has 0 aliphatic carbocycles. The first-order valence-corrected chi connectivity index (χ1v) is 10.5. The van der Waals surface area contributed by atoms with E-state index in [1.807, 2.05) is 0 Å². The van der Waals surface area contributed by atoms with Gasteiger partial charge in [-0.15, -0.1) is 0 Å². The second-order valence-electron chi connectivity index (χ2n) is 6.99. The molecule has 0 spiro atoms. The monoisotopic (exact) mass is 493 g/mol. The van der Waals surface area contributed by atoms with Crippen LogP contribution < -0.4 is 4.89 Å². The molecule has 10 heteroatoms. The van der Waals surface area contributed by atoms with Gasteiger partial charge in [0.05, 0.1) is 24.3 Å². The standard InChI is InChI=1S/C21H20BrNO8/c22-18-7-6-13(30-31-26)10-17(18)21-28-11-14(12-29-21)27-9-3-8-23-19(24)15-4-1-2-5-16(15)20(23)25/h1-2,4-7,10,14,21,26H,3,8-9,11-12H2. The van der Waals surface area contributed by atoms with Gasteiger partial charge < -0.3 is 19.1 Å². The summed E-state index contributed by atoms with van der Waals surface area (Å²) in [4.78, 5) is 30.6. The molecule has 1 saturated heterocycles. The summed E-state index contributed by atoms with van der Waals surface area (Å²) in [6.07, 6.45) is -0.385. The number of imide groups is 1. The lowest BCUT2D eigenvalue weighted by Gasteiger charge is -2.30. The Labute approximate surface area is 186 Å². The van der Waals surface area contributed by atoms with Gasteiger partial charge in [-0.3, -0.25) is 14.5 Å². The molecule has 164 valence electrons. The van der Waals surface area contributed by atoms with Crippen molar-refractivity contribution in [2.24, 2.45) is 0 Å². The third-order valence-corrected chi connectivity index (χ3v) is 5.70. The predicted octanol–water partition coefficient (Wildman–Crippen LogP) is 3.35. The van der Waals surface area contributed by atoms with E-state index < -0.39 is 6.29 Å². The number of nitrogens with zero attached hydrogens (tertiary/aromatic N) is 1. The van der Waals surface area contributed by atoms with Gasteiger partial charge in [0.1, 0.15) is 6.10 Å². The van der Waals surface area contributed by atoms with Crippen LogP contribution in [0.4, 0.5) is 0 Å². The number of fused-ring (bicyclic) bond motifs is 1. The van der Waals surface area contributed by atoms with E-state index in [9.17, 15) is 9.59 Å². The van der Waals surface area contributed by atoms with E-state index in [1.54, 1.807) is 42.5 Å². The van der Waals surface area contributed by atoms with Crippen LogP contribution in [-0.2, 0) is 19.2 Å². The van der Waals surface area contributed by atoms with Crippen LogP contribution in [0, 0.1) is 0 Å². The molecule has 0 unspecified atom stereocenters. The van der Waals surface area contributed by atoms with Crippen LogP contribution in [0.5, 0.6) is 5.75 Å². The Morgan fingerprint density at radius 3 is 2.39 bits per heavy atom. The molecule has 2 aliphatic rings. The highest BCUT2D eigenvalue weighted by Crippen LogP contribution is 2.33. The first kappa shape index (κ1) is 21.9. The van der Waals surface area contributed by atoms with Gasteiger partial charge in [0.25, 0.3) is 11.8 Å². The van der Waals surface area contributed by atoms with Crippen molar-refractivity contribution in [3.63, 3.8) is 0 Å². The molecule has 0 atom stereocenters. The van der Waals surface area contributed by atoms with Crippen molar-refractivity contribution in [2.45, 2.75) is 18.8 Å². The molecule has 2 aromatic rings. The molecule has 0 bridgehead atoms. The molecule has 0 radical (unpaired) electrons. The summed E-state index contributed by atoms with van der Waals surface area (Å²) in [7, 11) is 0. The van der Waals surface area contributed by atoms with E-state index in [0.717, 1.165) is 4.47 Å². The Morgan fingerprint density at radius 1 is 1.06 bits per heavy atom. The minimum atomic E-state index is -0.630. The van der Waals surface area contributed by atoms with Crippen LogP contribution in [0.3, 0.4) is 0 Å². The maximum atomic E-state index is 12.4. The Bertz CT molecular complexity index is 925. The highest BCUT2D eigenvalue weighted by molar-refractivity contribution is 9.10. The summed E-state index contributed by atoms with van der Waals surface area (Å²) in [5.41, 5.74) is 1.57. The van der Waals surface area contributed by atoms with Gasteiger partial charge in [0.15, 0.2) is 12.0 Å². The molecule has 0 aromatic heterocycles. The maximum absolute atomic E-state index is 12.4. The minimum absolute atomic E-state index is 0.266. The third kappa shape index (κ3) is 4.79. The Balaban J connectivity index is 1.22. The van der Waals surface area contributed by atoms with E-state index in [4.69, 9.17) is 19.5 Å². The third-order valence-electron chi connectivity index (χ3n) is 4.98. The van der Waals surface area contributed by atoms with Crippen molar-refractivity contribution in [1.82, 2.24) is 4.90 Å². The number of rotatable bonds is 8. The van der Waals surface area contributed by atoms with Crippen molar-refractivity contribution in [3.05, 3.63) is 63.6 Å². The lowest BCUT2D eigenvalue weighted by molar-refractivity contribution is -0.438. The normalized spacial score (nSPS) is 20.8. The lowest BCUT2D eigenvalue weighted by atomic mass is 10.1. The molecular formula is C21H20BrNO8. The first-order valence-electron chi connectivity index (χ1n) is 9.66. The SMILES string of the molecule is O=C1c2ccccc2C(=O)N1CCCOC1COC(c2cc(OOO)ccc2Br)OC1. The van der Waals surface area contributed by atoms with Crippen LogP contribution >= 0.6 is 15.9 Å². The van der Waals surface area contributed by atoms with Crippen LogP contribution in [0.25, 0.3) is 0 Å². The van der Waals surface area contributed by atoms with Gasteiger partial charge in [-0.25, -0.2) is 5.26 Å². The van der Waals surface area contributed by atoms with E-state index in [-0.39, 0.29) is 24.5 Å². The second kappa shape index (κ2) is 9.86. The van der Waals surface area contributed by atoms with E-state index >= 15 is 0 Å². The van der Waals surface area contributed by atoms with Gasteiger partial charge in [-0.1, -0.05) is 28.1 Å². The average molecular weight is 494 g/mol. The Kier molecular flexibility index (Phi) is 6.96. The van der Waals surface area contributed by atoms with Crippen LogP contribution in [0.15, 0.2) is 46.9 Å². The molecule has 9 nitrogen and oxygen atoms in total. The summed E-state index contributed by atoms with van der Waals surface area (Å²) in [5.74, 6) is -0.244. The van der Waals surface area contributed by atoms with Gasteiger partial charge in [0, 0.05) is 23.2 Å². The van der Waals surface area contributed by atoms with E-state index in [0.29, 0.717) is 48.7 Å². The van der Waals surface area contributed by atoms with Crippen LogP contribution in [0.1, 0.15) is 39.0 Å². The summed E-state index contributed by atoms with van der Waals surface area (Å²) in [5, 5.41) is 12.1. The smallest absolute Gasteiger partial charge is 0.261 e. The largest absolute Gasteiger partial charge is 0.373 e. The summed E-state index contributed by atoms with van der Waals surface area (Å²) in [6.45, 7) is 1.27. The number of hydrogen-bond acceptors (Lipinski definition) is 8. The molecular weight excluding hydrogens is 474 g/mol. The zero-order valence-corrected chi connectivity index (χ0v) is 17.9. The average Bonchev–Trinajstić information content (AvgIpc) is 3.03. The number of amides is 2. The molecule has 1 N–H and O–H groups in total. The topological polar surface area (TPSA) is 104 Å². The zero-order valence-electron chi connectivity index (χ0n) is 16.4. The van der Waals surface area contributed by atoms with Crippen molar-refractivity contribution >= 4 is 27.7 Å². The number of halogens is 1. The lowest BCUT2D eigenvalue weighted by Crippen LogP contribution is -2.35. The van der Waals surface area contributed by atoms with E-state index in [2.05, 4.69) is 25.9 Å². The van der Waals surface area contributed by atoms with Crippen molar-refractivity contribution in [2.75, 3.05) is 26.4 Å². The fraction of sp³-hybridized carbons (Fsp3) is 0.333. The number of carbonyl (C=O) groups is 2. The molecule has 2 heterocycles. The molecule has 1 fully saturated rings. The summed E-state index contributed by atoms with van der Waals surface area (Å²) >= 11 is 3.43. The zero-order chi connectivity index (χ0) is 21.8.